The molecule has 4 nitrogen and oxygen atoms in total. The van der Waals surface area contributed by atoms with E-state index in [4.69, 9.17) is 0 Å². The van der Waals surface area contributed by atoms with Crippen molar-refractivity contribution < 1.29 is 4.79 Å². The van der Waals surface area contributed by atoms with Gasteiger partial charge in [0.2, 0.25) is 5.91 Å². The Bertz CT molecular complexity index is 460. The lowest BCUT2D eigenvalue weighted by molar-refractivity contribution is -0.123. The first-order valence-electron chi connectivity index (χ1n) is 6.59. The van der Waals surface area contributed by atoms with Crippen LogP contribution in [0.4, 0.5) is 0 Å². The van der Waals surface area contributed by atoms with Crippen molar-refractivity contribution in [3.63, 3.8) is 0 Å². The summed E-state index contributed by atoms with van der Waals surface area (Å²) in [5.41, 5.74) is 0.332. The van der Waals surface area contributed by atoms with E-state index < -0.39 is 0 Å². The Labute approximate surface area is 135 Å². The molecule has 1 amide bonds. The van der Waals surface area contributed by atoms with E-state index >= 15 is 0 Å². The molecule has 3 rings (SSSR count). The van der Waals surface area contributed by atoms with Crippen molar-refractivity contribution >= 4 is 42.1 Å². The molecule has 7 heteroatoms. The van der Waals surface area contributed by atoms with Gasteiger partial charge in [-0.1, -0.05) is 0 Å². The second kappa shape index (κ2) is 7.07. The maximum Gasteiger partial charge on any atom is 0.223 e. The van der Waals surface area contributed by atoms with E-state index in [1.807, 2.05) is 13.1 Å². The molecule has 2 aliphatic rings. The zero-order valence-corrected chi connectivity index (χ0v) is 13.9. The minimum Gasteiger partial charge on any atom is -0.351 e. The predicted octanol–water partition coefficient (Wildman–Crippen LogP) is 2.30. The Hall–Kier alpha value is -0.360. The fourth-order valence-corrected chi connectivity index (χ4v) is 3.71. The Morgan fingerprint density at radius 2 is 2.20 bits per heavy atom. The highest BCUT2D eigenvalue weighted by Crippen LogP contribution is 2.58. The van der Waals surface area contributed by atoms with Gasteiger partial charge < -0.3 is 10.6 Å². The second-order valence-electron chi connectivity index (χ2n) is 5.43. The van der Waals surface area contributed by atoms with E-state index in [1.165, 1.54) is 0 Å². The van der Waals surface area contributed by atoms with Gasteiger partial charge in [-0.25, -0.2) is 4.98 Å². The molecular formula is C13H21Cl2N3OS. The monoisotopic (exact) mass is 337 g/mol. The number of piperidine rings is 1. The van der Waals surface area contributed by atoms with Crippen LogP contribution in [0.2, 0.25) is 0 Å². The molecule has 20 heavy (non-hydrogen) atoms. The van der Waals surface area contributed by atoms with E-state index in [-0.39, 0.29) is 36.6 Å². The van der Waals surface area contributed by atoms with Crippen LogP contribution in [-0.2, 0) is 11.3 Å². The molecule has 1 aromatic rings. The van der Waals surface area contributed by atoms with Crippen LogP contribution in [0.3, 0.4) is 0 Å². The molecule has 0 aromatic carbocycles. The standard InChI is InChI=1S/C13H19N3OS.2ClH/c1-9-15-7-10(18-9)8-16-12(17)11-6-13(11)2-4-14-5-3-13;;/h7,11,14H,2-6,8H2,1H3,(H,16,17);2*1H. The van der Waals surface area contributed by atoms with Crippen LogP contribution >= 0.6 is 36.2 Å². The van der Waals surface area contributed by atoms with Crippen molar-refractivity contribution in [2.75, 3.05) is 13.1 Å². The summed E-state index contributed by atoms with van der Waals surface area (Å²) in [4.78, 5) is 17.4. The summed E-state index contributed by atoms with van der Waals surface area (Å²) in [6.45, 7) is 4.76. The summed E-state index contributed by atoms with van der Waals surface area (Å²) in [7, 11) is 0. The average Bonchev–Trinajstić information content (AvgIpc) is 2.89. The molecule has 2 N–H and O–H groups in total. The Morgan fingerprint density at radius 3 is 2.80 bits per heavy atom. The number of thiazole rings is 1. The SMILES string of the molecule is Cc1ncc(CNC(=O)C2CC23CCNCC3)s1.Cl.Cl. The van der Waals surface area contributed by atoms with Gasteiger partial charge in [0.15, 0.2) is 0 Å². The predicted molar refractivity (Wildman–Crippen MR) is 85.8 cm³/mol. The third-order valence-electron chi connectivity index (χ3n) is 4.21. The molecule has 1 aliphatic carbocycles. The van der Waals surface area contributed by atoms with Gasteiger partial charge in [-0.2, -0.15) is 0 Å². The molecule has 0 radical (unpaired) electrons. The first kappa shape index (κ1) is 17.7. The molecule has 2 fully saturated rings. The lowest BCUT2D eigenvalue weighted by atomic mass is 9.92. The number of hydrogen-bond donors (Lipinski definition) is 2. The van der Waals surface area contributed by atoms with Gasteiger partial charge in [0, 0.05) is 17.0 Å². The van der Waals surface area contributed by atoms with Crippen molar-refractivity contribution in [3.05, 3.63) is 16.1 Å². The average molecular weight is 338 g/mol. The summed E-state index contributed by atoms with van der Waals surface area (Å²) >= 11 is 1.65. The van der Waals surface area contributed by atoms with Gasteiger partial charge in [-0.3, -0.25) is 4.79 Å². The van der Waals surface area contributed by atoms with Crippen LogP contribution in [0.25, 0.3) is 0 Å². The number of halogens is 2. The molecule has 0 bridgehead atoms. The molecule has 1 atom stereocenters. The van der Waals surface area contributed by atoms with E-state index in [2.05, 4.69) is 15.6 Å². The summed E-state index contributed by atoms with van der Waals surface area (Å²) in [5, 5.41) is 7.48. The molecule has 2 heterocycles. The van der Waals surface area contributed by atoms with Crippen LogP contribution in [0.1, 0.15) is 29.1 Å². The number of hydrogen-bond acceptors (Lipinski definition) is 4. The maximum absolute atomic E-state index is 12.1. The third kappa shape index (κ3) is 3.64. The lowest BCUT2D eigenvalue weighted by Crippen LogP contribution is -2.33. The van der Waals surface area contributed by atoms with Crippen LogP contribution in [-0.4, -0.2) is 24.0 Å². The third-order valence-corrected chi connectivity index (χ3v) is 5.12. The molecule has 1 unspecified atom stereocenters. The van der Waals surface area contributed by atoms with Crippen molar-refractivity contribution in [2.24, 2.45) is 11.3 Å². The van der Waals surface area contributed by atoms with Crippen LogP contribution in [0.5, 0.6) is 0 Å². The van der Waals surface area contributed by atoms with E-state index in [0.717, 1.165) is 42.2 Å². The number of carbonyl (C=O) groups is 1. The molecule has 114 valence electrons. The Morgan fingerprint density at radius 1 is 1.50 bits per heavy atom. The summed E-state index contributed by atoms with van der Waals surface area (Å²) in [5.74, 6) is 0.497. The summed E-state index contributed by atoms with van der Waals surface area (Å²) < 4.78 is 0. The van der Waals surface area contributed by atoms with Gasteiger partial charge in [-0.15, -0.1) is 36.2 Å². The number of aromatic nitrogens is 1. The van der Waals surface area contributed by atoms with Crippen molar-refractivity contribution in [1.29, 1.82) is 0 Å². The highest BCUT2D eigenvalue weighted by atomic mass is 35.5. The number of nitrogens with zero attached hydrogens (tertiary/aromatic N) is 1. The van der Waals surface area contributed by atoms with E-state index in [0.29, 0.717) is 12.0 Å². The van der Waals surface area contributed by atoms with Crippen LogP contribution in [0.15, 0.2) is 6.20 Å². The minimum absolute atomic E-state index is 0. The lowest BCUT2D eigenvalue weighted by Gasteiger charge is -2.23. The topological polar surface area (TPSA) is 54.0 Å². The molecule has 1 saturated carbocycles. The van der Waals surface area contributed by atoms with Gasteiger partial charge in [-0.05, 0) is 44.7 Å². The Kier molecular flexibility index (Phi) is 6.25. The van der Waals surface area contributed by atoms with Gasteiger partial charge in [0.05, 0.1) is 11.6 Å². The van der Waals surface area contributed by atoms with E-state index in [1.54, 1.807) is 11.3 Å². The normalized spacial score (nSPS) is 22.6. The number of rotatable bonds is 3. The van der Waals surface area contributed by atoms with Crippen LogP contribution < -0.4 is 10.6 Å². The minimum atomic E-state index is 0. The summed E-state index contributed by atoms with van der Waals surface area (Å²) in [6, 6.07) is 0. The van der Waals surface area contributed by atoms with Crippen molar-refractivity contribution in [2.45, 2.75) is 32.7 Å². The smallest absolute Gasteiger partial charge is 0.223 e. The molecule has 1 aromatic heterocycles. The fourth-order valence-electron chi connectivity index (χ4n) is 2.98. The quantitative estimate of drug-likeness (QED) is 0.889. The van der Waals surface area contributed by atoms with Gasteiger partial charge in [0.25, 0.3) is 0 Å². The number of nitrogens with one attached hydrogen (secondary N) is 2. The van der Waals surface area contributed by atoms with Gasteiger partial charge in [0.1, 0.15) is 0 Å². The van der Waals surface area contributed by atoms with E-state index in [9.17, 15) is 4.79 Å². The second-order valence-corrected chi connectivity index (χ2v) is 6.75. The largest absolute Gasteiger partial charge is 0.351 e. The highest BCUT2D eigenvalue weighted by Gasteiger charge is 2.57. The van der Waals surface area contributed by atoms with Gasteiger partial charge >= 0.3 is 0 Å². The molecule has 1 aliphatic heterocycles. The molecule has 1 spiro atoms. The number of carbonyl (C=O) groups excluding carboxylic acids is 1. The maximum atomic E-state index is 12.1. The van der Waals surface area contributed by atoms with Crippen molar-refractivity contribution in [1.82, 2.24) is 15.6 Å². The molecule has 1 saturated heterocycles. The zero-order valence-electron chi connectivity index (χ0n) is 11.5. The van der Waals surface area contributed by atoms with Crippen molar-refractivity contribution in [3.8, 4) is 0 Å². The zero-order chi connectivity index (χ0) is 12.6. The first-order valence-corrected chi connectivity index (χ1v) is 7.41. The first-order chi connectivity index (χ1) is 8.70. The number of aryl methyl sites for hydroxylation is 1. The molecular weight excluding hydrogens is 317 g/mol. The Balaban J connectivity index is 0.000001000. The van der Waals surface area contributed by atoms with Crippen LogP contribution in [0, 0.1) is 18.3 Å². The summed E-state index contributed by atoms with van der Waals surface area (Å²) in [6.07, 6.45) is 5.26. The fraction of sp³-hybridized carbons (Fsp3) is 0.692. The highest BCUT2D eigenvalue weighted by molar-refractivity contribution is 7.11. The number of amides is 1.